The highest BCUT2D eigenvalue weighted by molar-refractivity contribution is 7.88. The first-order chi connectivity index (χ1) is 9.60. The summed E-state index contributed by atoms with van der Waals surface area (Å²) in [7, 11) is -3.85. The second-order valence-corrected chi connectivity index (χ2v) is 7.23. The minimum Gasteiger partial charge on any atom is -0.480 e. The summed E-state index contributed by atoms with van der Waals surface area (Å²) < 4.78 is 39.6. The summed E-state index contributed by atoms with van der Waals surface area (Å²) >= 11 is 0. The summed E-state index contributed by atoms with van der Waals surface area (Å²) in [4.78, 5) is 11.1. The van der Waals surface area contributed by atoms with Crippen molar-refractivity contribution in [3.05, 3.63) is 35.1 Å². The van der Waals surface area contributed by atoms with Gasteiger partial charge in [0.2, 0.25) is 10.0 Å². The number of halogens is 1. The molecule has 0 aliphatic rings. The van der Waals surface area contributed by atoms with E-state index in [1.54, 1.807) is 20.8 Å². The maximum Gasteiger partial charge on any atom is 0.321 e. The predicted molar refractivity (Wildman–Crippen MR) is 77.8 cm³/mol. The van der Waals surface area contributed by atoms with Crippen LogP contribution in [0, 0.1) is 18.7 Å². The molecule has 118 valence electrons. The highest BCUT2D eigenvalue weighted by Gasteiger charge is 2.25. The van der Waals surface area contributed by atoms with Gasteiger partial charge in [0.05, 0.1) is 5.75 Å². The molecule has 0 bridgehead atoms. The van der Waals surface area contributed by atoms with Crippen molar-refractivity contribution in [1.82, 2.24) is 4.72 Å². The Morgan fingerprint density at radius 2 is 2.00 bits per heavy atom. The topological polar surface area (TPSA) is 83.5 Å². The Balaban J connectivity index is 2.84. The fourth-order valence-corrected chi connectivity index (χ4v) is 3.21. The normalized spacial score (nSPS) is 13.4. The summed E-state index contributed by atoms with van der Waals surface area (Å²) in [6.07, 6.45) is 0.191. The molecule has 0 aliphatic heterocycles. The minimum absolute atomic E-state index is 0.0330. The number of hydrogen-bond donors (Lipinski definition) is 2. The van der Waals surface area contributed by atoms with Gasteiger partial charge in [-0.2, -0.15) is 0 Å². The lowest BCUT2D eigenvalue weighted by Gasteiger charge is -2.16. The van der Waals surface area contributed by atoms with Crippen molar-refractivity contribution in [2.75, 3.05) is 0 Å². The lowest BCUT2D eigenvalue weighted by molar-refractivity contribution is -0.139. The number of carboxylic acids is 1. The second kappa shape index (κ2) is 7.00. The zero-order chi connectivity index (χ0) is 16.2. The molecule has 21 heavy (non-hydrogen) atoms. The molecule has 0 saturated heterocycles. The van der Waals surface area contributed by atoms with Crippen LogP contribution in [0.1, 0.15) is 31.4 Å². The van der Waals surface area contributed by atoms with Gasteiger partial charge in [0, 0.05) is 0 Å². The smallest absolute Gasteiger partial charge is 0.321 e. The van der Waals surface area contributed by atoms with Crippen molar-refractivity contribution in [3.8, 4) is 0 Å². The van der Waals surface area contributed by atoms with E-state index < -0.39 is 33.6 Å². The summed E-state index contributed by atoms with van der Waals surface area (Å²) in [5, 5.41) is 9.05. The Morgan fingerprint density at radius 1 is 1.38 bits per heavy atom. The maximum absolute atomic E-state index is 13.4. The SMILES string of the molecule is Cc1ccc(CS(=O)(=O)N[C@@H](CC(C)C)C(=O)O)cc1F. The summed E-state index contributed by atoms with van der Waals surface area (Å²) in [6, 6.07) is 2.97. The lowest BCUT2D eigenvalue weighted by atomic mass is 10.1. The van der Waals surface area contributed by atoms with E-state index in [9.17, 15) is 17.6 Å². The van der Waals surface area contributed by atoms with Gasteiger partial charge in [0.1, 0.15) is 11.9 Å². The maximum atomic E-state index is 13.4. The van der Waals surface area contributed by atoms with Gasteiger partial charge in [-0.25, -0.2) is 17.5 Å². The number of carbonyl (C=O) groups is 1. The molecular formula is C14H20FNO4S. The molecule has 2 N–H and O–H groups in total. The molecule has 7 heteroatoms. The van der Waals surface area contributed by atoms with Crippen LogP contribution in [0.4, 0.5) is 4.39 Å². The Bertz CT molecular complexity index is 613. The molecule has 1 aromatic carbocycles. The number of sulfonamides is 1. The van der Waals surface area contributed by atoms with Crippen molar-refractivity contribution >= 4 is 16.0 Å². The van der Waals surface area contributed by atoms with E-state index in [-0.39, 0.29) is 17.9 Å². The molecule has 0 saturated carbocycles. The number of carboxylic acid groups (broad SMARTS) is 1. The average molecular weight is 317 g/mol. The quantitative estimate of drug-likeness (QED) is 0.806. The van der Waals surface area contributed by atoms with E-state index in [0.717, 1.165) is 6.07 Å². The second-order valence-electron chi connectivity index (χ2n) is 5.48. The Morgan fingerprint density at radius 3 is 2.48 bits per heavy atom. The molecule has 0 fully saturated rings. The third-order valence-electron chi connectivity index (χ3n) is 2.92. The van der Waals surface area contributed by atoms with E-state index in [1.807, 2.05) is 0 Å². The third kappa shape index (κ3) is 5.81. The zero-order valence-corrected chi connectivity index (χ0v) is 13.1. The molecule has 1 aromatic rings. The van der Waals surface area contributed by atoms with E-state index in [0.29, 0.717) is 5.56 Å². The number of benzene rings is 1. The summed E-state index contributed by atoms with van der Waals surface area (Å²) in [5.74, 6) is -2.13. The largest absolute Gasteiger partial charge is 0.480 e. The van der Waals surface area contributed by atoms with Crippen LogP contribution in [-0.4, -0.2) is 25.5 Å². The first kappa shape index (κ1) is 17.6. The molecule has 0 aromatic heterocycles. The first-order valence-electron chi connectivity index (χ1n) is 6.58. The van der Waals surface area contributed by atoms with E-state index in [2.05, 4.69) is 4.72 Å². The predicted octanol–water partition coefficient (Wildman–Crippen LogP) is 2.05. The monoisotopic (exact) mass is 317 g/mol. The molecule has 0 spiro atoms. The van der Waals surface area contributed by atoms with Crippen molar-refractivity contribution in [1.29, 1.82) is 0 Å². The van der Waals surface area contributed by atoms with Crippen molar-refractivity contribution < 1.29 is 22.7 Å². The van der Waals surface area contributed by atoms with Crippen LogP contribution < -0.4 is 4.72 Å². The van der Waals surface area contributed by atoms with Crippen LogP contribution in [0.15, 0.2) is 18.2 Å². The van der Waals surface area contributed by atoms with Gasteiger partial charge in [-0.15, -0.1) is 0 Å². The van der Waals surface area contributed by atoms with Gasteiger partial charge in [0.25, 0.3) is 0 Å². The molecular weight excluding hydrogens is 297 g/mol. The van der Waals surface area contributed by atoms with Crippen LogP contribution in [0.5, 0.6) is 0 Å². The van der Waals surface area contributed by atoms with Gasteiger partial charge in [-0.3, -0.25) is 4.79 Å². The molecule has 0 radical (unpaired) electrons. The van der Waals surface area contributed by atoms with Gasteiger partial charge in [0.15, 0.2) is 0 Å². The Hall–Kier alpha value is -1.47. The fourth-order valence-electron chi connectivity index (χ4n) is 1.87. The number of rotatable bonds is 7. The molecule has 0 amide bonds. The molecule has 0 heterocycles. The number of aliphatic carboxylic acids is 1. The standard InChI is InChI=1S/C14H20FNO4S/c1-9(2)6-13(14(17)18)16-21(19,20)8-11-5-4-10(3)12(15)7-11/h4-5,7,9,13,16H,6,8H2,1-3H3,(H,17,18)/t13-/m0/s1. The minimum atomic E-state index is -3.85. The van der Waals surface area contributed by atoms with Crippen molar-refractivity contribution in [3.63, 3.8) is 0 Å². The average Bonchev–Trinajstić information content (AvgIpc) is 2.31. The van der Waals surface area contributed by atoms with Gasteiger partial charge >= 0.3 is 5.97 Å². The Kier molecular flexibility index (Phi) is 5.86. The van der Waals surface area contributed by atoms with Crippen LogP contribution in [0.25, 0.3) is 0 Å². The number of hydrogen-bond acceptors (Lipinski definition) is 3. The van der Waals surface area contributed by atoms with Gasteiger partial charge < -0.3 is 5.11 Å². The highest BCUT2D eigenvalue weighted by Crippen LogP contribution is 2.13. The molecule has 0 aliphatic carbocycles. The molecule has 5 nitrogen and oxygen atoms in total. The first-order valence-corrected chi connectivity index (χ1v) is 8.24. The number of aryl methyl sites for hydroxylation is 1. The van der Waals surface area contributed by atoms with Crippen LogP contribution in [0.2, 0.25) is 0 Å². The lowest BCUT2D eigenvalue weighted by Crippen LogP contribution is -2.42. The third-order valence-corrected chi connectivity index (χ3v) is 4.28. The van der Waals surface area contributed by atoms with Crippen molar-refractivity contribution in [2.45, 2.75) is 39.0 Å². The van der Waals surface area contributed by atoms with E-state index >= 15 is 0 Å². The van der Waals surface area contributed by atoms with Crippen LogP contribution in [0.3, 0.4) is 0 Å². The van der Waals surface area contributed by atoms with Gasteiger partial charge in [-0.05, 0) is 36.5 Å². The van der Waals surface area contributed by atoms with Crippen LogP contribution in [-0.2, 0) is 20.6 Å². The fraction of sp³-hybridized carbons (Fsp3) is 0.500. The summed E-state index contributed by atoms with van der Waals surface area (Å²) in [6.45, 7) is 5.19. The van der Waals surface area contributed by atoms with Crippen LogP contribution >= 0.6 is 0 Å². The molecule has 1 rings (SSSR count). The van der Waals surface area contributed by atoms with Gasteiger partial charge in [-0.1, -0.05) is 26.0 Å². The van der Waals surface area contributed by atoms with E-state index in [4.69, 9.17) is 5.11 Å². The highest BCUT2D eigenvalue weighted by atomic mass is 32.2. The van der Waals surface area contributed by atoms with Crippen molar-refractivity contribution in [2.24, 2.45) is 5.92 Å². The molecule has 0 unspecified atom stereocenters. The van der Waals surface area contributed by atoms with E-state index in [1.165, 1.54) is 12.1 Å². The zero-order valence-electron chi connectivity index (χ0n) is 12.3. The molecule has 1 atom stereocenters. The Labute approximate surface area is 124 Å². The summed E-state index contributed by atoms with van der Waals surface area (Å²) in [5.41, 5.74) is 0.701. The number of nitrogens with one attached hydrogen (secondary N) is 1.